The highest BCUT2D eigenvalue weighted by molar-refractivity contribution is 5.92. The van der Waals surface area contributed by atoms with Crippen molar-refractivity contribution in [2.45, 2.75) is 19.4 Å². The third kappa shape index (κ3) is 3.10. The maximum Gasteiger partial charge on any atom is 0.276 e. The van der Waals surface area contributed by atoms with Crippen LogP contribution in [0.5, 0.6) is 0 Å². The Labute approximate surface area is 131 Å². The zero-order valence-electron chi connectivity index (χ0n) is 12.6. The van der Waals surface area contributed by atoms with Gasteiger partial charge in [-0.2, -0.15) is 0 Å². The van der Waals surface area contributed by atoms with Gasteiger partial charge in [0.15, 0.2) is 5.69 Å². The van der Waals surface area contributed by atoms with Gasteiger partial charge < -0.3 is 14.1 Å². The Morgan fingerprint density at radius 3 is 2.78 bits per heavy atom. The molecule has 0 spiro atoms. The average molecular weight is 322 g/mol. The lowest BCUT2D eigenvalue weighted by Gasteiger charge is -2.25. The van der Waals surface area contributed by atoms with E-state index in [1.165, 1.54) is 6.07 Å². The van der Waals surface area contributed by atoms with Crippen LogP contribution in [0.3, 0.4) is 0 Å². The van der Waals surface area contributed by atoms with Crippen LogP contribution < -0.4 is 0 Å². The van der Waals surface area contributed by atoms with E-state index in [9.17, 15) is 13.6 Å². The van der Waals surface area contributed by atoms with Gasteiger partial charge >= 0.3 is 0 Å². The van der Waals surface area contributed by atoms with Crippen molar-refractivity contribution in [2.24, 2.45) is 0 Å². The van der Waals surface area contributed by atoms with Crippen molar-refractivity contribution >= 4 is 5.91 Å². The summed E-state index contributed by atoms with van der Waals surface area (Å²) in [5.74, 6) is -2.16. The largest absolute Gasteiger partial charge is 0.443 e. The number of halogens is 2. The molecule has 1 aromatic heterocycles. The van der Waals surface area contributed by atoms with Gasteiger partial charge in [0.05, 0.1) is 6.61 Å². The van der Waals surface area contributed by atoms with Crippen LogP contribution in [0.1, 0.15) is 23.8 Å². The van der Waals surface area contributed by atoms with Gasteiger partial charge in [-0.25, -0.2) is 13.8 Å². The van der Waals surface area contributed by atoms with Crippen molar-refractivity contribution in [3.05, 3.63) is 41.8 Å². The highest BCUT2D eigenvalue weighted by atomic mass is 19.1. The van der Waals surface area contributed by atoms with Gasteiger partial charge in [-0.1, -0.05) is 6.07 Å². The molecule has 2 aromatic rings. The van der Waals surface area contributed by atoms with Crippen LogP contribution in [0.2, 0.25) is 0 Å². The third-order valence-corrected chi connectivity index (χ3v) is 3.85. The van der Waals surface area contributed by atoms with E-state index >= 15 is 0 Å². The molecule has 1 atom stereocenters. The highest BCUT2D eigenvalue weighted by Crippen LogP contribution is 2.26. The molecular weight excluding hydrogens is 306 g/mol. The monoisotopic (exact) mass is 322 g/mol. The number of rotatable bonds is 2. The Morgan fingerprint density at radius 2 is 2.04 bits per heavy atom. The van der Waals surface area contributed by atoms with Crippen molar-refractivity contribution in [2.75, 3.05) is 19.8 Å². The molecule has 1 aliphatic rings. The number of carbonyl (C=O) groups is 1. The fourth-order valence-electron chi connectivity index (χ4n) is 2.53. The first kappa shape index (κ1) is 15.6. The Hall–Kier alpha value is -2.28. The molecule has 1 aromatic carbocycles. The SMILES string of the molecule is CC1CCOCCN1C(=O)c1coc(-c2c(F)cccc2F)n1. The number of aromatic nitrogens is 1. The number of hydrogen-bond donors (Lipinski definition) is 0. The topological polar surface area (TPSA) is 55.6 Å². The molecule has 122 valence electrons. The Kier molecular flexibility index (Phi) is 4.38. The number of amides is 1. The molecule has 5 nitrogen and oxygen atoms in total. The van der Waals surface area contributed by atoms with Crippen LogP contribution in [0.15, 0.2) is 28.9 Å². The summed E-state index contributed by atoms with van der Waals surface area (Å²) in [5, 5.41) is 0. The summed E-state index contributed by atoms with van der Waals surface area (Å²) in [7, 11) is 0. The molecule has 0 radical (unpaired) electrons. The summed E-state index contributed by atoms with van der Waals surface area (Å²) >= 11 is 0. The van der Waals surface area contributed by atoms with E-state index in [1.54, 1.807) is 4.90 Å². The Bertz CT molecular complexity index is 697. The second-order valence-corrected chi connectivity index (χ2v) is 5.38. The third-order valence-electron chi connectivity index (χ3n) is 3.85. The molecule has 1 saturated heterocycles. The number of ether oxygens (including phenoxy) is 1. The molecule has 0 aliphatic carbocycles. The summed E-state index contributed by atoms with van der Waals surface area (Å²) in [6.07, 6.45) is 1.85. The number of hydrogen-bond acceptors (Lipinski definition) is 4. The molecule has 3 rings (SSSR count). The van der Waals surface area contributed by atoms with Gasteiger partial charge in [-0.15, -0.1) is 0 Å². The minimum Gasteiger partial charge on any atom is -0.443 e. The van der Waals surface area contributed by atoms with Crippen molar-refractivity contribution < 1.29 is 22.7 Å². The molecule has 1 fully saturated rings. The van der Waals surface area contributed by atoms with Gasteiger partial charge in [0.1, 0.15) is 23.5 Å². The fraction of sp³-hybridized carbons (Fsp3) is 0.375. The summed E-state index contributed by atoms with van der Waals surface area (Å²) < 4.78 is 38.0. The minimum atomic E-state index is -0.789. The van der Waals surface area contributed by atoms with Crippen LogP contribution >= 0.6 is 0 Å². The molecule has 0 bridgehead atoms. The lowest BCUT2D eigenvalue weighted by atomic mass is 10.2. The molecule has 1 unspecified atom stereocenters. The number of nitrogens with zero attached hydrogens (tertiary/aromatic N) is 2. The Morgan fingerprint density at radius 1 is 1.30 bits per heavy atom. The second-order valence-electron chi connectivity index (χ2n) is 5.38. The van der Waals surface area contributed by atoms with Crippen molar-refractivity contribution in [1.29, 1.82) is 0 Å². The van der Waals surface area contributed by atoms with Gasteiger partial charge in [0.2, 0.25) is 5.89 Å². The van der Waals surface area contributed by atoms with E-state index < -0.39 is 11.6 Å². The van der Waals surface area contributed by atoms with E-state index in [1.807, 2.05) is 6.92 Å². The minimum absolute atomic E-state index is 0.00431. The zero-order chi connectivity index (χ0) is 16.4. The number of carbonyl (C=O) groups excluding carboxylic acids is 1. The smallest absolute Gasteiger partial charge is 0.276 e. The van der Waals surface area contributed by atoms with E-state index in [0.29, 0.717) is 19.8 Å². The van der Waals surface area contributed by atoms with Gasteiger partial charge in [0, 0.05) is 19.2 Å². The zero-order valence-corrected chi connectivity index (χ0v) is 12.6. The first-order chi connectivity index (χ1) is 11.1. The van der Waals surface area contributed by atoms with E-state index in [-0.39, 0.29) is 29.1 Å². The Balaban J connectivity index is 1.88. The van der Waals surface area contributed by atoms with Crippen molar-refractivity contribution in [3.63, 3.8) is 0 Å². The van der Waals surface area contributed by atoms with E-state index in [0.717, 1.165) is 24.8 Å². The van der Waals surface area contributed by atoms with E-state index in [2.05, 4.69) is 4.98 Å². The normalized spacial score (nSPS) is 18.7. The van der Waals surface area contributed by atoms with Gasteiger partial charge in [-0.05, 0) is 25.5 Å². The predicted molar refractivity (Wildman–Crippen MR) is 77.8 cm³/mol. The van der Waals surface area contributed by atoms with Crippen LogP contribution in [-0.2, 0) is 4.74 Å². The molecule has 23 heavy (non-hydrogen) atoms. The van der Waals surface area contributed by atoms with Gasteiger partial charge in [0.25, 0.3) is 5.91 Å². The van der Waals surface area contributed by atoms with Gasteiger partial charge in [-0.3, -0.25) is 4.79 Å². The molecule has 7 heteroatoms. The lowest BCUT2D eigenvalue weighted by Crippen LogP contribution is -2.39. The molecule has 2 heterocycles. The maximum atomic E-state index is 13.8. The standard InChI is InChI=1S/C16H16F2N2O3/c1-10-5-7-22-8-6-20(10)16(21)13-9-23-15(19-13)14-11(17)3-2-4-12(14)18/h2-4,9-10H,5-8H2,1H3. The summed E-state index contributed by atoms with van der Waals surface area (Å²) in [6, 6.07) is 3.47. The average Bonchev–Trinajstić information content (AvgIpc) is 2.89. The first-order valence-electron chi connectivity index (χ1n) is 7.36. The van der Waals surface area contributed by atoms with Crippen molar-refractivity contribution in [3.8, 4) is 11.5 Å². The van der Waals surface area contributed by atoms with Crippen LogP contribution in [-0.4, -0.2) is 41.6 Å². The number of oxazole rings is 1. The molecule has 0 N–H and O–H groups in total. The summed E-state index contributed by atoms with van der Waals surface area (Å²) in [4.78, 5) is 18.1. The van der Waals surface area contributed by atoms with Crippen LogP contribution in [0, 0.1) is 11.6 Å². The summed E-state index contributed by atoms with van der Waals surface area (Å²) in [6.45, 7) is 3.40. The molecule has 1 aliphatic heterocycles. The fourth-order valence-corrected chi connectivity index (χ4v) is 2.53. The number of benzene rings is 1. The van der Waals surface area contributed by atoms with Crippen molar-refractivity contribution in [1.82, 2.24) is 9.88 Å². The van der Waals surface area contributed by atoms with Crippen LogP contribution in [0.4, 0.5) is 8.78 Å². The maximum absolute atomic E-state index is 13.8. The predicted octanol–water partition coefficient (Wildman–Crippen LogP) is 2.87. The second kappa shape index (κ2) is 6.45. The lowest BCUT2D eigenvalue weighted by molar-refractivity contribution is 0.0681. The molecule has 0 saturated carbocycles. The van der Waals surface area contributed by atoms with E-state index in [4.69, 9.17) is 9.15 Å². The quantitative estimate of drug-likeness (QED) is 0.853. The molecule has 1 amide bonds. The highest BCUT2D eigenvalue weighted by Gasteiger charge is 2.27. The molecular formula is C16H16F2N2O3. The van der Waals surface area contributed by atoms with Crippen LogP contribution in [0.25, 0.3) is 11.5 Å². The summed E-state index contributed by atoms with van der Waals surface area (Å²) in [5.41, 5.74) is -0.352. The first-order valence-corrected chi connectivity index (χ1v) is 7.36.